The lowest BCUT2D eigenvalue weighted by molar-refractivity contribution is 0.0364. The van der Waals surface area contributed by atoms with Gasteiger partial charge in [0.05, 0.1) is 18.7 Å². The van der Waals surface area contributed by atoms with Crippen LogP contribution in [-0.4, -0.2) is 66.9 Å². The van der Waals surface area contributed by atoms with E-state index in [-0.39, 0.29) is 28.4 Å². The number of morpholine rings is 1. The Morgan fingerprint density at radius 2 is 1.97 bits per heavy atom. The van der Waals surface area contributed by atoms with Gasteiger partial charge in [0.2, 0.25) is 5.82 Å². The quantitative estimate of drug-likeness (QED) is 0.494. The number of rotatable bonds is 5. The summed E-state index contributed by atoms with van der Waals surface area (Å²) in [4.78, 5) is 24.3. The molecule has 1 aliphatic rings. The number of ether oxygens (including phenoxy) is 1. The Hall–Kier alpha value is -3.15. The van der Waals surface area contributed by atoms with Gasteiger partial charge in [0.15, 0.2) is 5.69 Å². The zero-order valence-corrected chi connectivity index (χ0v) is 17.8. The first-order chi connectivity index (χ1) is 15.3. The predicted octanol–water partition coefficient (Wildman–Crippen LogP) is 1.40. The van der Waals surface area contributed by atoms with Gasteiger partial charge in [-0.3, -0.25) is 14.1 Å². The summed E-state index contributed by atoms with van der Waals surface area (Å²) in [5.74, 6) is -0.397. The SMILES string of the molecule is CC(C)(O)c1noc(-c2ncn3c2c(=O)n(CCN2CCOCC2)c2c(F)cccc23)n1. The molecule has 4 aromatic rings. The molecular formula is C21H23FN6O4. The van der Waals surface area contributed by atoms with Gasteiger partial charge in [-0.15, -0.1) is 0 Å². The average molecular weight is 442 g/mol. The molecule has 3 aromatic heterocycles. The molecular weight excluding hydrogens is 419 g/mol. The largest absolute Gasteiger partial charge is 0.382 e. The predicted molar refractivity (Wildman–Crippen MR) is 113 cm³/mol. The summed E-state index contributed by atoms with van der Waals surface area (Å²) in [6.07, 6.45) is 1.44. The number of halogens is 1. The second-order valence-electron chi connectivity index (χ2n) is 8.31. The maximum atomic E-state index is 14.9. The highest BCUT2D eigenvalue weighted by Crippen LogP contribution is 2.26. The maximum absolute atomic E-state index is 14.9. The Labute approximate surface area is 181 Å². The van der Waals surface area contributed by atoms with Crippen molar-refractivity contribution in [1.29, 1.82) is 0 Å². The Morgan fingerprint density at radius 1 is 1.19 bits per heavy atom. The first-order valence-corrected chi connectivity index (χ1v) is 10.4. The van der Waals surface area contributed by atoms with Gasteiger partial charge < -0.3 is 18.9 Å². The van der Waals surface area contributed by atoms with Crippen LogP contribution in [0.4, 0.5) is 4.39 Å². The van der Waals surface area contributed by atoms with E-state index < -0.39 is 17.0 Å². The van der Waals surface area contributed by atoms with Crippen LogP contribution in [0, 0.1) is 5.82 Å². The summed E-state index contributed by atoms with van der Waals surface area (Å²) in [7, 11) is 0. The molecule has 4 heterocycles. The van der Waals surface area contributed by atoms with Gasteiger partial charge in [-0.1, -0.05) is 11.2 Å². The number of hydrogen-bond donors (Lipinski definition) is 1. The molecule has 0 aliphatic carbocycles. The van der Waals surface area contributed by atoms with E-state index in [4.69, 9.17) is 9.26 Å². The molecule has 5 rings (SSSR count). The third kappa shape index (κ3) is 3.48. The van der Waals surface area contributed by atoms with Crippen LogP contribution < -0.4 is 5.56 Å². The minimum atomic E-state index is -1.31. The topological polar surface area (TPSA) is 111 Å². The fourth-order valence-corrected chi connectivity index (χ4v) is 3.93. The maximum Gasteiger partial charge on any atom is 0.279 e. The Balaban J connectivity index is 1.67. The lowest BCUT2D eigenvalue weighted by atomic mass is 10.1. The van der Waals surface area contributed by atoms with Gasteiger partial charge in [0, 0.05) is 26.2 Å². The van der Waals surface area contributed by atoms with E-state index >= 15 is 0 Å². The fourth-order valence-electron chi connectivity index (χ4n) is 3.93. The first-order valence-electron chi connectivity index (χ1n) is 10.4. The molecule has 0 bridgehead atoms. The van der Waals surface area contributed by atoms with Crippen LogP contribution in [0.1, 0.15) is 19.7 Å². The van der Waals surface area contributed by atoms with Gasteiger partial charge in [-0.05, 0) is 26.0 Å². The van der Waals surface area contributed by atoms with Gasteiger partial charge >= 0.3 is 0 Å². The Morgan fingerprint density at radius 3 is 2.69 bits per heavy atom. The third-order valence-corrected chi connectivity index (χ3v) is 5.63. The molecule has 0 spiro atoms. The van der Waals surface area contributed by atoms with Crippen molar-refractivity contribution in [3.05, 3.63) is 46.5 Å². The van der Waals surface area contributed by atoms with E-state index in [0.29, 0.717) is 31.8 Å². The smallest absolute Gasteiger partial charge is 0.279 e. The van der Waals surface area contributed by atoms with Gasteiger partial charge in [0.25, 0.3) is 11.4 Å². The molecule has 1 saturated heterocycles. The lowest BCUT2D eigenvalue weighted by Crippen LogP contribution is -2.39. The molecule has 168 valence electrons. The second-order valence-corrected chi connectivity index (χ2v) is 8.31. The van der Waals surface area contributed by atoms with Crippen molar-refractivity contribution < 1.29 is 18.8 Å². The van der Waals surface area contributed by atoms with Crippen LogP contribution in [0.5, 0.6) is 0 Å². The van der Waals surface area contributed by atoms with Crippen molar-refractivity contribution >= 4 is 16.6 Å². The van der Waals surface area contributed by atoms with Gasteiger partial charge in [0.1, 0.15) is 28.8 Å². The first kappa shape index (κ1) is 20.7. The number of benzene rings is 1. The second kappa shape index (κ2) is 7.76. The molecule has 1 N–H and O–H groups in total. The standard InChI is InChI=1S/C21H23FN6O4/c1-21(2,30)20-24-18(32-25-20)15-17-19(29)27(7-6-26-8-10-31-11-9-26)16-13(22)4-3-5-14(16)28(17)12-23-15/h3-5,12,30H,6-11H2,1-2H3. The normalized spacial score (nSPS) is 15.8. The lowest BCUT2D eigenvalue weighted by Gasteiger charge is -2.27. The molecule has 0 unspecified atom stereocenters. The van der Waals surface area contributed by atoms with E-state index in [2.05, 4.69) is 20.0 Å². The minimum Gasteiger partial charge on any atom is -0.382 e. The summed E-state index contributed by atoms with van der Waals surface area (Å²) in [6.45, 7) is 6.73. The van der Waals surface area contributed by atoms with E-state index in [1.54, 1.807) is 12.1 Å². The number of nitrogens with zero attached hydrogens (tertiary/aromatic N) is 6. The molecule has 10 nitrogen and oxygen atoms in total. The summed E-state index contributed by atoms with van der Waals surface area (Å²) in [5.41, 5.74) is -0.620. The van der Waals surface area contributed by atoms with Crippen molar-refractivity contribution in [3.63, 3.8) is 0 Å². The molecule has 0 amide bonds. The molecule has 0 radical (unpaired) electrons. The van der Waals surface area contributed by atoms with E-state index in [1.807, 2.05) is 0 Å². The van der Waals surface area contributed by atoms with E-state index in [1.165, 1.54) is 35.2 Å². The third-order valence-electron chi connectivity index (χ3n) is 5.63. The van der Waals surface area contributed by atoms with Crippen LogP contribution in [0.15, 0.2) is 33.8 Å². The molecule has 0 atom stereocenters. The average Bonchev–Trinajstić information content (AvgIpc) is 3.42. The number of aromatic nitrogens is 5. The molecule has 32 heavy (non-hydrogen) atoms. The van der Waals surface area contributed by atoms with Gasteiger partial charge in [-0.2, -0.15) is 4.98 Å². The summed E-state index contributed by atoms with van der Waals surface area (Å²) < 4.78 is 28.5. The fraction of sp³-hybridized carbons (Fsp3) is 0.429. The van der Waals surface area contributed by atoms with Crippen LogP contribution in [0.3, 0.4) is 0 Å². The summed E-state index contributed by atoms with van der Waals surface area (Å²) in [5, 5.41) is 13.9. The van der Waals surface area contributed by atoms with Crippen molar-refractivity contribution in [2.45, 2.75) is 26.0 Å². The highest BCUT2D eigenvalue weighted by molar-refractivity contribution is 5.83. The van der Waals surface area contributed by atoms with Crippen molar-refractivity contribution in [2.75, 3.05) is 32.8 Å². The molecule has 0 saturated carbocycles. The molecule has 1 fully saturated rings. The van der Waals surface area contributed by atoms with Crippen LogP contribution in [0.2, 0.25) is 0 Å². The van der Waals surface area contributed by atoms with E-state index in [0.717, 1.165) is 13.1 Å². The van der Waals surface area contributed by atoms with Crippen molar-refractivity contribution in [3.8, 4) is 11.6 Å². The Bertz CT molecular complexity index is 1350. The molecule has 11 heteroatoms. The zero-order chi connectivity index (χ0) is 22.5. The number of para-hydroxylation sites is 1. The van der Waals surface area contributed by atoms with E-state index in [9.17, 15) is 14.3 Å². The number of hydrogen-bond acceptors (Lipinski definition) is 8. The number of aliphatic hydroxyl groups is 1. The Kier molecular flexibility index (Phi) is 5.03. The highest BCUT2D eigenvalue weighted by atomic mass is 19.1. The number of fused-ring (bicyclic) bond motifs is 3. The van der Waals surface area contributed by atoms with Crippen LogP contribution in [0.25, 0.3) is 28.1 Å². The van der Waals surface area contributed by atoms with Crippen LogP contribution in [-0.2, 0) is 16.9 Å². The van der Waals surface area contributed by atoms with Crippen molar-refractivity contribution in [1.82, 2.24) is 29.0 Å². The number of imidazole rings is 1. The monoisotopic (exact) mass is 442 g/mol. The minimum absolute atomic E-state index is 0.0113. The molecule has 1 aliphatic heterocycles. The summed E-state index contributed by atoms with van der Waals surface area (Å²) >= 11 is 0. The van der Waals surface area contributed by atoms with Gasteiger partial charge in [-0.25, -0.2) is 9.37 Å². The zero-order valence-electron chi connectivity index (χ0n) is 17.8. The van der Waals surface area contributed by atoms with Crippen molar-refractivity contribution in [2.24, 2.45) is 0 Å². The highest BCUT2D eigenvalue weighted by Gasteiger charge is 2.27. The summed E-state index contributed by atoms with van der Waals surface area (Å²) in [6, 6.07) is 4.66. The molecule has 1 aromatic carbocycles. The van der Waals surface area contributed by atoms with Crippen LogP contribution >= 0.6 is 0 Å².